The van der Waals surface area contributed by atoms with E-state index in [4.69, 9.17) is 4.42 Å². The Hall–Kier alpha value is -2.32. The minimum Gasteiger partial charge on any atom is -0.456 e. The Labute approximate surface area is 120 Å². The normalized spacial score (nSPS) is 11.4. The molecule has 0 saturated heterocycles. The summed E-state index contributed by atoms with van der Waals surface area (Å²) in [5, 5.41) is 3.78. The lowest BCUT2D eigenvalue weighted by Crippen LogP contribution is -2.00. The zero-order chi connectivity index (χ0) is 13.5. The van der Waals surface area contributed by atoms with E-state index in [-0.39, 0.29) is 0 Å². The first-order valence-electron chi connectivity index (χ1n) is 6.79. The maximum Gasteiger partial charge on any atom is 0.136 e. The molecule has 0 aliphatic heterocycles. The van der Waals surface area contributed by atoms with Crippen molar-refractivity contribution in [2.45, 2.75) is 0 Å². The van der Waals surface area contributed by atoms with E-state index in [1.54, 1.807) is 0 Å². The van der Waals surface area contributed by atoms with E-state index in [9.17, 15) is 0 Å². The molecule has 0 fully saturated rings. The molecule has 0 bridgehead atoms. The summed E-state index contributed by atoms with van der Waals surface area (Å²) in [7, 11) is 1.08. The molecule has 1 nitrogen and oxygen atoms in total. The minimum absolute atomic E-state index is 0.955. The van der Waals surface area contributed by atoms with Gasteiger partial charge in [0, 0.05) is 21.0 Å². The summed E-state index contributed by atoms with van der Waals surface area (Å²) in [6.45, 7) is 0. The highest BCUT2D eigenvalue weighted by Crippen LogP contribution is 2.31. The third kappa shape index (κ3) is 1.77. The zero-order valence-corrected chi connectivity index (χ0v) is 13.3. The third-order valence-corrected chi connectivity index (χ3v) is 4.35. The Balaban J connectivity index is 1.97. The molecule has 0 saturated carbocycles. The van der Waals surface area contributed by atoms with Gasteiger partial charge >= 0.3 is 0 Å². The maximum atomic E-state index is 5.95. The van der Waals surface area contributed by atoms with E-state index in [0.29, 0.717) is 0 Å². The molecule has 4 aromatic rings. The molecule has 0 radical (unpaired) electrons. The molecule has 3 aromatic carbocycles. The molecule has 1 aromatic heterocycles. The molecule has 0 amide bonds. The molecular weight excluding hydrogens is 260 g/mol. The van der Waals surface area contributed by atoms with Gasteiger partial charge < -0.3 is 4.42 Å². The van der Waals surface area contributed by atoms with Gasteiger partial charge in [0.05, 0.1) is 0 Å². The fourth-order valence-corrected chi connectivity index (χ4v) is 3.23. The van der Waals surface area contributed by atoms with Gasteiger partial charge in [0.2, 0.25) is 0 Å². The first kappa shape index (κ1) is 11.5. The number of hydrogen-bond acceptors (Lipinski definition) is 1. The Morgan fingerprint density at radius 1 is 0.650 bits per heavy atom. The number of para-hydroxylation sites is 1. The number of furan rings is 1. The van der Waals surface area contributed by atoms with Crippen LogP contribution in [0.25, 0.3) is 33.1 Å². The molecule has 0 atom stereocenters. The van der Waals surface area contributed by atoms with Crippen LogP contribution in [-0.4, -0.2) is 10.2 Å². The Bertz CT molecular complexity index is 921. The minimum atomic E-state index is 0.955. The van der Waals surface area contributed by atoms with E-state index in [1.807, 2.05) is 12.1 Å². The van der Waals surface area contributed by atoms with E-state index < -0.39 is 0 Å². The molecule has 1 heterocycles. The van der Waals surface area contributed by atoms with Crippen molar-refractivity contribution >= 4 is 37.4 Å². The summed E-state index contributed by atoms with van der Waals surface area (Å²) in [5.41, 5.74) is 4.40. The van der Waals surface area contributed by atoms with Gasteiger partial charge in [-0.1, -0.05) is 53.7 Å². The largest absolute Gasteiger partial charge is 0.456 e. The van der Waals surface area contributed by atoms with Crippen LogP contribution in [0.1, 0.15) is 0 Å². The molecule has 0 aliphatic rings. The number of benzene rings is 3. The molecule has 2 heteroatoms. The standard InChI is InChI=1S/C18H14OSi/c20-14-5-3-4-12(10-14)13-8-9-16-15-6-1-2-7-17(15)19-18(16)11-13/h1-11H,20H3. The molecule has 4 rings (SSSR count). The predicted octanol–water partition coefficient (Wildman–Crippen LogP) is 3.24. The van der Waals surface area contributed by atoms with Crippen LogP contribution >= 0.6 is 0 Å². The molecule has 0 N–H and O–H groups in total. The molecule has 0 spiro atoms. The van der Waals surface area contributed by atoms with Crippen molar-refractivity contribution < 1.29 is 4.42 Å². The molecule has 96 valence electrons. The van der Waals surface area contributed by atoms with Crippen LogP contribution in [0.4, 0.5) is 0 Å². The van der Waals surface area contributed by atoms with Crippen LogP contribution in [0.3, 0.4) is 0 Å². The predicted molar refractivity (Wildman–Crippen MR) is 88.7 cm³/mol. The second kappa shape index (κ2) is 4.36. The third-order valence-electron chi connectivity index (χ3n) is 3.73. The maximum absolute atomic E-state index is 5.95. The molecule has 0 aliphatic carbocycles. The first-order chi connectivity index (χ1) is 9.81. The fraction of sp³-hybridized carbons (Fsp3) is 0. The van der Waals surface area contributed by atoms with Crippen molar-refractivity contribution in [3.8, 4) is 11.1 Å². The fourth-order valence-electron chi connectivity index (χ4n) is 2.73. The summed E-state index contributed by atoms with van der Waals surface area (Å²) in [4.78, 5) is 0. The van der Waals surface area contributed by atoms with Crippen LogP contribution in [0.5, 0.6) is 0 Å². The van der Waals surface area contributed by atoms with Gasteiger partial charge in [-0.2, -0.15) is 0 Å². The summed E-state index contributed by atoms with van der Waals surface area (Å²) in [5.74, 6) is 0. The molecule has 20 heavy (non-hydrogen) atoms. The summed E-state index contributed by atoms with van der Waals surface area (Å²) in [6, 6.07) is 23.4. The molecular formula is C18H14OSi. The molecule has 0 unspecified atom stereocenters. The van der Waals surface area contributed by atoms with Crippen molar-refractivity contribution in [3.05, 3.63) is 66.7 Å². The van der Waals surface area contributed by atoms with Crippen molar-refractivity contribution in [1.82, 2.24) is 0 Å². The van der Waals surface area contributed by atoms with Crippen LogP contribution in [0.15, 0.2) is 71.1 Å². The number of hydrogen-bond donors (Lipinski definition) is 0. The Morgan fingerprint density at radius 3 is 2.35 bits per heavy atom. The summed E-state index contributed by atoms with van der Waals surface area (Å²) >= 11 is 0. The van der Waals surface area contributed by atoms with E-state index >= 15 is 0 Å². The van der Waals surface area contributed by atoms with Crippen molar-refractivity contribution in [1.29, 1.82) is 0 Å². The van der Waals surface area contributed by atoms with Crippen LogP contribution in [0.2, 0.25) is 0 Å². The lowest BCUT2D eigenvalue weighted by molar-refractivity contribution is 0.669. The topological polar surface area (TPSA) is 13.1 Å². The van der Waals surface area contributed by atoms with Gasteiger partial charge in [-0.3, -0.25) is 0 Å². The lowest BCUT2D eigenvalue weighted by Gasteiger charge is -2.02. The van der Waals surface area contributed by atoms with Gasteiger partial charge in [0.1, 0.15) is 11.2 Å². The number of rotatable bonds is 1. The first-order valence-corrected chi connectivity index (χ1v) is 7.79. The SMILES string of the molecule is [SiH3]c1cccc(-c2ccc3c(c2)oc2ccccc23)c1. The second-order valence-electron chi connectivity index (χ2n) is 5.18. The van der Waals surface area contributed by atoms with E-state index in [1.165, 1.54) is 27.1 Å². The van der Waals surface area contributed by atoms with E-state index in [0.717, 1.165) is 21.4 Å². The zero-order valence-electron chi connectivity index (χ0n) is 11.3. The van der Waals surface area contributed by atoms with E-state index in [2.05, 4.69) is 54.6 Å². The Kier molecular flexibility index (Phi) is 2.50. The van der Waals surface area contributed by atoms with Gasteiger partial charge in [-0.15, -0.1) is 0 Å². The quantitative estimate of drug-likeness (QED) is 0.486. The lowest BCUT2D eigenvalue weighted by atomic mass is 10.0. The van der Waals surface area contributed by atoms with Crippen molar-refractivity contribution in [2.75, 3.05) is 0 Å². The smallest absolute Gasteiger partial charge is 0.136 e. The van der Waals surface area contributed by atoms with Crippen LogP contribution in [0, 0.1) is 0 Å². The summed E-state index contributed by atoms with van der Waals surface area (Å²) < 4.78 is 5.95. The van der Waals surface area contributed by atoms with Crippen molar-refractivity contribution in [3.63, 3.8) is 0 Å². The highest BCUT2D eigenvalue weighted by Gasteiger charge is 2.07. The van der Waals surface area contributed by atoms with Gasteiger partial charge in [-0.05, 0) is 29.3 Å². The van der Waals surface area contributed by atoms with Crippen LogP contribution < -0.4 is 5.19 Å². The average molecular weight is 274 g/mol. The Morgan fingerprint density at radius 2 is 1.45 bits per heavy atom. The second-order valence-corrected chi connectivity index (χ2v) is 6.33. The summed E-state index contributed by atoms with van der Waals surface area (Å²) in [6.07, 6.45) is 0. The van der Waals surface area contributed by atoms with Gasteiger partial charge in [0.15, 0.2) is 0 Å². The van der Waals surface area contributed by atoms with Crippen LogP contribution in [-0.2, 0) is 0 Å². The monoisotopic (exact) mass is 274 g/mol. The number of fused-ring (bicyclic) bond motifs is 3. The highest BCUT2D eigenvalue weighted by molar-refractivity contribution is 6.32. The van der Waals surface area contributed by atoms with Gasteiger partial charge in [0.25, 0.3) is 0 Å². The van der Waals surface area contributed by atoms with Gasteiger partial charge in [-0.25, -0.2) is 0 Å². The highest BCUT2D eigenvalue weighted by atomic mass is 28.1. The van der Waals surface area contributed by atoms with Crippen molar-refractivity contribution in [2.24, 2.45) is 0 Å². The average Bonchev–Trinajstić information content (AvgIpc) is 2.85.